The summed E-state index contributed by atoms with van der Waals surface area (Å²) in [5.41, 5.74) is 2.07. The topological polar surface area (TPSA) is 36.7 Å². The number of nitriles is 1. The van der Waals surface area contributed by atoms with Crippen molar-refractivity contribution in [1.82, 2.24) is 4.98 Å². The van der Waals surface area contributed by atoms with Gasteiger partial charge in [-0.15, -0.1) is 11.3 Å². The molecule has 0 unspecified atom stereocenters. The van der Waals surface area contributed by atoms with Gasteiger partial charge in [0.2, 0.25) is 0 Å². The highest BCUT2D eigenvalue weighted by atomic mass is 35.5. The Morgan fingerprint density at radius 2 is 2.11 bits per heavy atom. The lowest BCUT2D eigenvalue weighted by Crippen LogP contribution is -1.86. The van der Waals surface area contributed by atoms with Gasteiger partial charge in [-0.2, -0.15) is 5.26 Å². The molecular weight excluding hydrogens is 299 g/mol. The van der Waals surface area contributed by atoms with Gasteiger partial charge in [-0.3, -0.25) is 0 Å². The first-order chi connectivity index (χ1) is 9.19. The number of halogens is 2. The van der Waals surface area contributed by atoms with Crippen molar-refractivity contribution in [3.05, 3.63) is 38.8 Å². The Morgan fingerprint density at radius 1 is 1.32 bits per heavy atom. The monoisotopic (exact) mass is 308 g/mol. The van der Waals surface area contributed by atoms with Crippen molar-refractivity contribution < 1.29 is 0 Å². The van der Waals surface area contributed by atoms with Crippen LogP contribution in [-0.4, -0.2) is 4.98 Å². The van der Waals surface area contributed by atoms with Gasteiger partial charge < -0.3 is 0 Å². The molecule has 2 aromatic rings. The maximum absolute atomic E-state index is 8.90. The molecule has 0 N–H and O–H groups in total. The Morgan fingerprint density at radius 3 is 2.74 bits per heavy atom. The molecular formula is C14H10Cl2N2S. The second-order valence-corrected chi connectivity index (χ2v) is 6.46. The summed E-state index contributed by atoms with van der Waals surface area (Å²) >= 11 is 13.5. The summed E-state index contributed by atoms with van der Waals surface area (Å²) < 4.78 is 0. The molecule has 0 amide bonds. The number of benzene rings is 1. The predicted molar refractivity (Wildman–Crippen MR) is 78.9 cm³/mol. The molecule has 96 valence electrons. The highest BCUT2D eigenvalue weighted by molar-refractivity contribution is 7.15. The zero-order valence-electron chi connectivity index (χ0n) is 9.99. The van der Waals surface area contributed by atoms with Crippen LogP contribution in [0.2, 0.25) is 10.0 Å². The fourth-order valence-electron chi connectivity index (χ4n) is 1.99. The van der Waals surface area contributed by atoms with Crippen LogP contribution in [0.4, 0.5) is 0 Å². The molecule has 0 atom stereocenters. The maximum Gasteiger partial charge on any atom is 0.123 e. The van der Waals surface area contributed by atoms with E-state index in [2.05, 4.69) is 6.07 Å². The highest BCUT2D eigenvalue weighted by Crippen LogP contribution is 2.44. The van der Waals surface area contributed by atoms with Gasteiger partial charge in [0.1, 0.15) is 5.01 Å². The average molecular weight is 309 g/mol. The molecule has 1 fully saturated rings. The fourth-order valence-corrected chi connectivity index (χ4v) is 3.36. The van der Waals surface area contributed by atoms with Gasteiger partial charge in [0.25, 0.3) is 0 Å². The quantitative estimate of drug-likeness (QED) is 0.794. The minimum atomic E-state index is 0.435. The van der Waals surface area contributed by atoms with Crippen molar-refractivity contribution in [3.63, 3.8) is 0 Å². The molecule has 0 saturated heterocycles. The van der Waals surface area contributed by atoms with E-state index in [1.165, 1.54) is 12.8 Å². The van der Waals surface area contributed by atoms with Crippen LogP contribution in [0.25, 0.3) is 10.6 Å². The second-order valence-electron chi connectivity index (χ2n) is 4.57. The summed E-state index contributed by atoms with van der Waals surface area (Å²) in [6.07, 6.45) is 2.80. The van der Waals surface area contributed by atoms with Crippen LogP contribution in [-0.2, 0) is 6.42 Å². The number of hydrogen-bond donors (Lipinski definition) is 0. The first-order valence-corrected chi connectivity index (χ1v) is 7.58. The van der Waals surface area contributed by atoms with Crippen LogP contribution >= 0.6 is 34.5 Å². The Bertz CT molecular complexity index is 669. The Hall–Kier alpha value is -1.08. The lowest BCUT2D eigenvalue weighted by molar-refractivity contribution is 1.02. The van der Waals surface area contributed by atoms with E-state index in [4.69, 9.17) is 33.4 Å². The Kier molecular flexibility index (Phi) is 3.49. The van der Waals surface area contributed by atoms with Crippen LogP contribution < -0.4 is 0 Å². The van der Waals surface area contributed by atoms with Crippen molar-refractivity contribution in [2.75, 3.05) is 0 Å². The second kappa shape index (κ2) is 5.13. The Balaban J connectivity index is 2.02. The van der Waals surface area contributed by atoms with Crippen molar-refractivity contribution in [3.8, 4) is 16.6 Å². The summed E-state index contributed by atoms with van der Waals surface area (Å²) in [4.78, 5) is 5.79. The first kappa shape index (κ1) is 12.9. The lowest BCUT2D eigenvalue weighted by atomic mass is 10.2. The van der Waals surface area contributed by atoms with Crippen LogP contribution in [0.15, 0.2) is 18.2 Å². The smallest absolute Gasteiger partial charge is 0.123 e. The molecule has 1 aliphatic rings. The number of hydrogen-bond acceptors (Lipinski definition) is 3. The molecule has 2 nitrogen and oxygen atoms in total. The summed E-state index contributed by atoms with van der Waals surface area (Å²) in [7, 11) is 0. The van der Waals surface area contributed by atoms with Crippen LogP contribution in [0.3, 0.4) is 0 Å². The zero-order chi connectivity index (χ0) is 13.4. The SMILES string of the molecule is N#CCc1sc(-c2ccc(Cl)c(Cl)c2)nc1C1CC1. The molecule has 5 heteroatoms. The van der Waals surface area contributed by atoms with E-state index < -0.39 is 0 Å². The van der Waals surface area contributed by atoms with Gasteiger partial charge in [-0.1, -0.05) is 29.3 Å². The average Bonchev–Trinajstić information content (AvgIpc) is 3.15. The summed E-state index contributed by atoms with van der Waals surface area (Å²) in [5.74, 6) is 0.552. The van der Waals surface area contributed by atoms with Crippen LogP contribution in [0.5, 0.6) is 0 Å². The largest absolute Gasteiger partial charge is 0.240 e. The van der Waals surface area contributed by atoms with Gasteiger partial charge in [0, 0.05) is 16.4 Å². The van der Waals surface area contributed by atoms with E-state index >= 15 is 0 Å². The van der Waals surface area contributed by atoms with Crippen molar-refractivity contribution in [1.29, 1.82) is 5.26 Å². The normalized spacial score (nSPS) is 14.4. The van der Waals surface area contributed by atoms with Crippen LogP contribution in [0, 0.1) is 11.3 Å². The molecule has 0 radical (unpaired) electrons. The summed E-state index contributed by atoms with van der Waals surface area (Å²) in [6.45, 7) is 0. The van der Waals surface area contributed by atoms with E-state index in [0.29, 0.717) is 22.4 Å². The van der Waals surface area contributed by atoms with Gasteiger partial charge in [-0.25, -0.2) is 4.98 Å². The minimum absolute atomic E-state index is 0.435. The zero-order valence-corrected chi connectivity index (χ0v) is 12.3. The first-order valence-electron chi connectivity index (χ1n) is 6.01. The van der Waals surface area contributed by atoms with Gasteiger partial charge in [-0.05, 0) is 25.0 Å². The number of thiazole rings is 1. The van der Waals surface area contributed by atoms with Gasteiger partial charge in [0.05, 0.1) is 28.2 Å². The van der Waals surface area contributed by atoms with Crippen molar-refractivity contribution in [2.24, 2.45) is 0 Å². The molecule has 3 rings (SSSR count). The molecule has 1 aromatic carbocycles. The van der Waals surface area contributed by atoms with E-state index in [0.717, 1.165) is 21.1 Å². The molecule has 1 aromatic heterocycles. The van der Waals surface area contributed by atoms with Crippen LogP contribution in [0.1, 0.15) is 29.3 Å². The van der Waals surface area contributed by atoms with E-state index in [1.54, 1.807) is 17.4 Å². The number of rotatable bonds is 3. The molecule has 0 bridgehead atoms. The third kappa shape index (κ3) is 2.62. The fraction of sp³-hybridized carbons (Fsp3) is 0.286. The predicted octanol–water partition coefficient (Wildman–Crippen LogP) is 5.06. The standard InChI is InChI=1S/C14H10Cl2N2S/c15-10-4-3-9(7-11(10)16)14-18-13(8-1-2-8)12(19-14)5-6-17/h3-4,7-8H,1-2,5H2. The summed E-state index contributed by atoms with van der Waals surface area (Å²) in [5, 5.41) is 10.9. The third-order valence-electron chi connectivity index (χ3n) is 3.10. The molecule has 0 spiro atoms. The molecule has 0 aliphatic heterocycles. The molecule has 19 heavy (non-hydrogen) atoms. The molecule has 1 aliphatic carbocycles. The van der Waals surface area contributed by atoms with E-state index in [9.17, 15) is 0 Å². The molecule has 1 saturated carbocycles. The van der Waals surface area contributed by atoms with Gasteiger partial charge >= 0.3 is 0 Å². The molecule has 1 heterocycles. The number of nitrogens with zero attached hydrogens (tertiary/aromatic N) is 2. The highest BCUT2D eigenvalue weighted by Gasteiger charge is 2.29. The maximum atomic E-state index is 8.90. The van der Waals surface area contributed by atoms with Crippen molar-refractivity contribution >= 4 is 34.5 Å². The van der Waals surface area contributed by atoms with E-state index in [1.807, 2.05) is 12.1 Å². The lowest BCUT2D eigenvalue weighted by Gasteiger charge is -1.99. The third-order valence-corrected chi connectivity index (χ3v) is 4.96. The van der Waals surface area contributed by atoms with Gasteiger partial charge in [0.15, 0.2) is 0 Å². The van der Waals surface area contributed by atoms with Crippen molar-refractivity contribution in [2.45, 2.75) is 25.2 Å². The Labute approximate surface area is 125 Å². The number of aromatic nitrogens is 1. The van der Waals surface area contributed by atoms with E-state index in [-0.39, 0.29) is 0 Å². The summed E-state index contributed by atoms with van der Waals surface area (Å²) in [6, 6.07) is 7.74. The minimum Gasteiger partial charge on any atom is -0.240 e.